The molecule has 29 heavy (non-hydrogen) atoms. The van der Waals surface area contributed by atoms with Crippen LogP contribution < -0.4 is 5.56 Å². The fourth-order valence-corrected chi connectivity index (χ4v) is 2.89. The number of non-ortho nitro benzene ring substituents is 1. The van der Waals surface area contributed by atoms with Crippen LogP contribution in [-0.2, 0) is 0 Å². The number of nitro benzene ring substituents is 2. The summed E-state index contributed by atoms with van der Waals surface area (Å²) < 4.78 is 1.13. The summed E-state index contributed by atoms with van der Waals surface area (Å²) in [6.07, 6.45) is 1.24. The van der Waals surface area contributed by atoms with Crippen molar-refractivity contribution in [3.05, 3.63) is 84.8 Å². The zero-order chi connectivity index (χ0) is 20.7. The Kier molecular flexibility index (Phi) is 4.11. The third-order valence-electron chi connectivity index (χ3n) is 4.36. The van der Waals surface area contributed by atoms with Crippen molar-refractivity contribution < 1.29 is 9.85 Å². The SMILES string of the molecule is Cc1ccc(-c2nc3c(cnn3-c3ccc([N+](=O)[O-])cc3[N+](=O)[O-])c(=O)[nH]2)cc1. The van der Waals surface area contributed by atoms with Gasteiger partial charge in [0.25, 0.3) is 11.2 Å². The van der Waals surface area contributed by atoms with E-state index in [2.05, 4.69) is 15.1 Å². The molecular weight excluding hydrogens is 380 g/mol. The van der Waals surface area contributed by atoms with Crippen LogP contribution in [0.25, 0.3) is 28.1 Å². The van der Waals surface area contributed by atoms with Crippen LogP contribution in [-0.4, -0.2) is 29.6 Å². The van der Waals surface area contributed by atoms with Gasteiger partial charge in [-0.25, -0.2) is 9.67 Å². The minimum absolute atomic E-state index is 0.0384. The topological polar surface area (TPSA) is 150 Å². The van der Waals surface area contributed by atoms with Crippen LogP contribution in [0.2, 0.25) is 0 Å². The van der Waals surface area contributed by atoms with Crippen molar-refractivity contribution in [3.8, 4) is 17.1 Å². The summed E-state index contributed by atoms with van der Waals surface area (Å²) in [5.41, 5.74) is 0.335. The minimum Gasteiger partial charge on any atom is -0.306 e. The van der Waals surface area contributed by atoms with Crippen LogP contribution in [0, 0.1) is 27.2 Å². The molecule has 0 fully saturated rings. The van der Waals surface area contributed by atoms with Gasteiger partial charge in [-0.2, -0.15) is 5.10 Å². The Morgan fingerprint density at radius 1 is 1.03 bits per heavy atom. The van der Waals surface area contributed by atoms with Gasteiger partial charge in [0.15, 0.2) is 5.65 Å². The van der Waals surface area contributed by atoms with E-state index in [0.29, 0.717) is 5.56 Å². The van der Waals surface area contributed by atoms with E-state index >= 15 is 0 Å². The summed E-state index contributed by atoms with van der Waals surface area (Å²) in [7, 11) is 0. The maximum absolute atomic E-state index is 12.5. The molecule has 0 atom stereocenters. The number of H-pyrrole nitrogens is 1. The molecule has 4 rings (SSSR count). The number of benzene rings is 2. The maximum Gasteiger partial charge on any atom is 0.301 e. The van der Waals surface area contributed by atoms with Gasteiger partial charge in [0.2, 0.25) is 0 Å². The lowest BCUT2D eigenvalue weighted by molar-refractivity contribution is -0.394. The number of fused-ring (bicyclic) bond motifs is 1. The summed E-state index contributed by atoms with van der Waals surface area (Å²) in [5, 5.41) is 26.6. The van der Waals surface area contributed by atoms with Gasteiger partial charge in [-0.1, -0.05) is 29.8 Å². The predicted molar refractivity (Wildman–Crippen MR) is 103 cm³/mol. The molecule has 0 unspecified atom stereocenters. The highest BCUT2D eigenvalue weighted by Gasteiger charge is 2.23. The van der Waals surface area contributed by atoms with E-state index < -0.39 is 26.8 Å². The number of aryl methyl sites for hydroxylation is 1. The average Bonchev–Trinajstić information content (AvgIpc) is 3.12. The van der Waals surface area contributed by atoms with E-state index in [1.165, 1.54) is 12.3 Å². The first-order chi connectivity index (χ1) is 13.8. The number of rotatable bonds is 4. The highest BCUT2D eigenvalue weighted by atomic mass is 16.6. The Morgan fingerprint density at radius 2 is 1.76 bits per heavy atom. The van der Waals surface area contributed by atoms with Gasteiger partial charge in [0.1, 0.15) is 16.9 Å². The average molecular weight is 392 g/mol. The Labute approximate surface area is 161 Å². The quantitative estimate of drug-likeness (QED) is 0.414. The second-order valence-electron chi connectivity index (χ2n) is 6.26. The molecule has 1 N–H and O–H groups in total. The molecule has 2 heterocycles. The molecule has 4 aromatic rings. The summed E-state index contributed by atoms with van der Waals surface area (Å²) in [5.74, 6) is 0.272. The molecule has 0 aliphatic carbocycles. The summed E-state index contributed by atoms with van der Waals surface area (Å²) in [4.78, 5) is 40.5. The molecule has 0 amide bonds. The molecule has 2 aromatic carbocycles. The zero-order valence-electron chi connectivity index (χ0n) is 14.9. The zero-order valence-corrected chi connectivity index (χ0v) is 14.9. The van der Waals surface area contributed by atoms with Gasteiger partial charge >= 0.3 is 5.69 Å². The largest absolute Gasteiger partial charge is 0.306 e. The first kappa shape index (κ1) is 18.0. The predicted octanol–water partition coefficient (Wildman–Crippen LogP) is 2.90. The molecule has 2 aromatic heterocycles. The fraction of sp³-hybridized carbons (Fsp3) is 0.0556. The molecule has 11 nitrogen and oxygen atoms in total. The summed E-state index contributed by atoms with van der Waals surface area (Å²) in [6.45, 7) is 1.92. The molecule has 0 saturated carbocycles. The first-order valence-electron chi connectivity index (χ1n) is 8.33. The minimum atomic E-state index is -0.746. The number of nitro groups is 2. The van der Waals surface area contributed by atoms with Crippen molar-refractivity contribution >= 4 is 22.4 Å². The van der Waals surface area contributed by atoms with Gasteiger partial charge in [-0.3, -0.25) is 25.0 Å². The van der Waals surface area contributed by atoms with Crippen molar-refractivity contribution in [1.29, 1.82) is 0 Å². The smallest absolute Gasteiger partial charge is 0.301 e. The van der Waals surface area contributed by atoms with Crippen LogP contribution in [0.1, 0.15) is 5.56 Å². The standard InChI is InChI=1S/C18H12N6O5/c1-10-2-4-11(5-3-10)16-20-17-13(18(25)21-16)9-19-22(17)14-7-6-12(23(26)27)8-15(14)24(28)29/h2-9H,1H3,(H,20,21,25). The van der Waals surface area contributed by atoms with E-state index in [1.807, 2.05) is 19.1 Å². The summed E-state index contributed by atoms with van der Waals surface area (Å²) >= 11 is 0. The molecule has 0 saturated heterocycles. The van der Waals surface area contributed by atoms with Gasteiger partial charge in [-0.15, -0.1) is 0 Å². The van der Waals surface area contributed by atoms with Crippen molar-refractivity contribution in [1.82, 2.24) is 19.7 Å². The van der Waals surface area contributed by atoms with Crippen molar-refractivity contribution in [2.45, 2.75) is 6.92 Å². The van der Waals surface area contributed by atoms with E-state index in [4.69, 9.17) is 0 Å². The Balaban J connectivity index is 1.96. The van der Waals surface area contributed by atoms with Crippen molar-refractivity contribution in [2.75, 3.05) is 0 Å². The molecule has 0 spiro atoms. The van der Waals surface area contributed by atoms with Crippen LogP contribution in [0.3, 0.4) is 0 Å². The molecule has 0 aliphatic heterocycles. The Hall–Kier alpha value is -4.41. The van der Waals surface area contributed by atoms with E-state index in [0.717, 1.165) is 22.4 Å². The van der Waals surface area contributed by atoms with Crippen LogP contribution >= 0.6 is 0 Å². The second kappa shape index (κ2) is 6.64. The Morgan fingerprint density at radius 3 is 2.41 bits per heavy atom. The number of aromatic amines is 1. The van der Waals surface area contributed by atoms with Gasteiger partial charge < -0.3 is 4.98 Å². The monoisotopic (exact) mass is 392 g/mol. The Bertz CT molecular complexity index is 1340. The third-order valence-corrected chi connectivity index (χ3v) is 4.36. The third kappa shape index (κ3) is 3.10. The second-order valence-corrected chi connectivity index (χ2v) is 6.26. The van der Waals surface area contributed by atoms with Crippen LogP contribution in [0.5, 0.6) is 0 Å². The highest BCUT2D eigenvalue weighted by Crippen LogP contribution is 2.29. The molecule has 11 heteroatoms. The van der Waals surface area contributed by atoms with Gasteiger partial charge in [0, 0.05) is 11.6 Å². The van der Waals surface area contributed by atoms with E-state index in [1.54, 1.807) is 12.1 Å². The molecule has 144 valence electrons. The normalized spacial score (nSPS) is 10.9. The lowest BCUT2D eigenvalue weighted by Crippen LogP contribution is -2.10. The van der Waals surface area contributed by atoms with Gasteiger partial charge in [0.05, 0.1) is 22.1 Å². The van der Waals surface area contributed by atoms with E-state index in [-0.39, 0.29) is 22.5 Å². The van der Waals surface area contributed by atoms with Crippen LogP contribution in [0.15, 0.2) is 53.5 Å². The first-order valence-corrected chi connectivity index (χ1v) is 8.33. The summed E-state index contributed by atoms with van der Waals surface area (Å²) in [6, 6.07) is 10.5. The number of nitrogens with one attached hydrogen (secondary N) is 1. The number of nitrogens with zero attached hydrogens (tertiary/aromatic N) is 5. The molecule has 0 aliphatic rings. The lowest BCUT2D eigenvalue weighted by Gasteiger charge is -2.06. The highest BCUT2D eigenvalue weighted by molar-refractivity contribution is 5.78. The fourth-order valence-electron chi connectivity index (χ4n) is 2.89. The maximum atomic E-state index is 12.5. The van der Waals surface area contributed by atoms with Crippen molar-refractivity contribution in [2.24, 2.45) is 0 Å². The van der Waals surface area contributed by atoms with Crippen LogP contribution in [0.4, 0.5) is 11.4 Å². The molecular formula is C18H12N6O5. The lowest BCUT2D eigenvalue weighted by atomic mass is 10.1. The number of aromatic nitrogens is 4. The van der Waals surface area contributed by atoms with Gasteiger partial charge in [-0.05, 0) is 13.0 Å². The van der Waals surface area contributed by atoms with Crippen molar-refractivity contribution in [3.63, 3.8) is 0 Å². The number of hydrogen-bond acceptors (Lipinski definition) is 7. The van der Waals surface area contributed by atoms with E-state index in [9.17, 15) is 25.0 Å². The number of hydrogen-bond donors (Lipinski definition) is 1. The molecule has 0 bridgehead atoms. The molecule has 0 radical (unpaired) electrons.